The fourth-order valence-electron chi connectivity index (χ4n) is 1.81. The van der Waals surface area contributed by atoms with E-state index in [2.05, 4.69) is 46.6 Å². The van der Waals surface area contributed by atoms with E-state index in [1.807, 2.05) is 11.3 Å². The Kier molecular flexibility index (Phi) is 2.84. The van der Waals surface area contributed by atoms with Gasteiger partial charge in [0.05, 0.1) is 5.69 Å². The first kappa shape index (κ1) is 10.4. The first-order chi connectivity index (χ1) is 6.58. The van der Waals surface area contributed by atoms with E-state index in [0.29, 0.717) is 10.9 Å². The van der Waals surface area contributed by atoms with E-state index in [1.165, 1.54) is 22.1 Å². The molecule has 2 heterocycles. The van der Waals surface area contributed by atoms with Crippen LogP contribution >= 0.6 is 27.3 Å². The highest BCUT2D eigenvalue weighted by molar-refractivity contribution is 9.09. The SMILES string of the molecule is Cc1nc(N2CC(Br)CC2C)sc1C. The second-order valence-electron chi connectivity index (χ2n) is 3.97. The number of thiazole rings is 1. The maximum Gasteiger partial charge on any atom is 0.186 e. The van der Waals surface area contributed by atoms with Gasteiger partial charge in [-0.1, -0.05) is 15.9 Å². The van der Waals surface area contributed by atoms with Crippen LogP contribution in [0.25, 0.3) is 0 Å². The highest BCUT2D eigenvalue weighted by atomic mass is 79.9. The lowest BCUT2D eigenvalue weighted by Gasteiger charge is -2.19. The molecule has 1 saturated heterocycles. The predicted octanol–water partition coefficient (Wildman–Crippen LogP) is 3.12. The fourth-order valence-corrected chi connectivity index (χ4v) is 3.69. The number of halogens is 1. The van der Waals surface area contributed by atoms with Crippen LogP contribution in [0.2, 0.25) is 0 Å². The van der Waals surface area contributed by atoms with Crippen LogP contribution in [-0.2, 0) is 0 Å². The molecule has 1 aliphatic heterocycles. The van der Waals surface area contributed by atoms with Gasteiger partial charge in [0.2, 0.25) is 0 Å². The third-order valence-corrected chi connectivity index (χ3v) is 4.56. The van der Waals surface area contributed by atoms with Gasteiger partial charge in [-0.25, -0.2) is 4.98 Å². The number of anilines is 1. The molecule has 4 heteroatoms. The van der Waals surface area contributed by atoms with Gasteiger partial charge in [-0.3, -0.25) is 0 Å². The Labute approximate surface area is 97.5 Å². The number of aryl methyl sites for hydroxylation is 2. The maximum atomic E-state index is 4.60. The summed E-state index contributed by atoms with van der Waals surface area (Å²) in [5.74, 6) is 0. The van der Waals surface area contributed by atoms with Crippen LogP contribution < -0.4 is 4.90 Å². The molecule has 0 amide bonds. The third kappa shape index (κ3) is 1.82. The van der Waals surface area contributed by atoms with E-state index in [-0.39, 0.29) is 0 Å². The Morgan fingerprint density at radius 3 is 2.64 bits per heavy atom. The monoisotopic (exact) mass is 274 g/mol. The van der Waals surface area contributed by atoms with E-state index >= 15 is 0 Å². The second-order valence-corrected chi connectivity index (χ2v) is 6.45. The Morgan fingerprint density at radius 1 is 1.50 bits per heavy atom. The molecule has 1 aliphatic rings. The molecule has 1 aromatic rings. The first-order valence-electron chi connectivity index (χ1n) is 4.92. The molecular formula is C10H15BrN2S. The summed E-state index contributed by atoms with van der Waals surface area (Å²) in [6, 6.07) is 0.615. The summed E-state index contributed by atoms with van der Waals surface area (Å²) in [5, 5.41) is 1.19. The number of aromatic nitrogens is 1. The van der Waals surface area contributed by atoms with E-state index < -0.39 is 0 Å². The molecular weight excluding hydrogens is 260 g/mol. The van der Waals surface area contributed by atoms with Gasteiger partial charge >= 0.3 is 0 Å². The summed E-state index contributed by atoms with van der Waals surface area (Å²) in [7, 11) is 0. The van der Waals surface area contributed by atoms with Crippen molar-refractivity contribution in [3.63, 3.8) is 0 Å². The molecule has 0 N–H and O–H groups in total. The molecule has 0 aliphatic carbocycles. The van der Waals surface area contributed by atoms with Crippen LogP contribution in [-0.4, -0.2) is 22.4 Å². The number of hydrogen-bond donors (Lipinski definition) is 0. The molecule has 2 atom stereocenters. The van der Waals surface area contributed by atoms with E-state index in [0.717, 1.165) is 6.54 Å². The quantitative estimate of drug-likeness (QED) is 0.732. The van der Waals surface area contributed by atoms with Crippen LogP contribution in [0.3, 0.4) is 0 Å². The van der Waals surface area contributed by atoms with Crippen molar-refractivity contribution < 1.29 is 0 Å². The van der Waals surface area contributed by atoms with Gasteiger partial charge in [-0.2, -0.15) is 0 Å². The lowest BCUT2D eigenvalue weighted by Crippen LogP contribution is -2.26. The standard InChI is InChI=1S/C10H15BrN2S/c1-6-4-9(11)5-13(6)10-12-7(2)8(3)14-10/h6,9H,4-5H2,1-3H3. The fraction of sp³-hybridized carbons (Fsp3) is 0.700. The molecule has 14 heavy (non-hydrogen) atoms. The lowest BCUT2D eigenvalue weighted by molar-refractivity contribution is 0.735. The smallest absolute Gasteiger partial charge is 0.186 e. The third-order valence-electron chi connectivity index (χ3n) is 2.79. The zero-order valence-electron chi connectivity index (χ0n) is 8.75. The topological polar surface area (TPSA) is 16.1 Å². The minimum Gasteiger partial charge on any atom is -0.344 e. The van der Waals surface area contributed by atoms with Crippen molar-refractivity contribution in [2.75, 3.05) is 11.4 Å². The van der Waals surface area contributed by atoms with Crippen molar-refractivity contribution in [1.82, 2.24) is 4.98 Å². The lowest BCUT2D eigenvalue weighted by atomic mass is 10.2. The summed E-state index contributed by atoms with van der Waals surface area (Å²) < 4.78 is 0. The van der Waals surface area contributed by atoms with Crippen LogP contribution in [0.4, 0.5) is 5.13 Å². The largest absolute Gasteiger partial charge is 0.344 e. The first-order valence-corrected chi connectivity index (χ1v) is 6.66. The van der Waals surface area contributed by atoms with Gasteiger partial charge in [0.1, 0.15) is 0 Å². The van der Waals surface area contributed by atoms with Gasteiger partial charge < -0.3 is 4.90 Å². The zero-order chi connectivity index (χ0) is 10.3. The summed E-state index contributed by atoms with van der Waals surface area (Å²) >= 11 is 5.49. The molecule has 2 unspecified atom stereocenters. The summed E-state index contributed by atoms with van der Waals surface area (Å²) in [6.07, 6.45) is 1.22. The molecule has 1 aromatic heterocycles. The van der Waals surface area contributed by atoms with Gasteiger partial charge in [-0.05, 0) is 27.2 Å². The number of alkyl halides is 1. The molecule has 0 aromatic carbocycles. The van der Waals surface area contributed by atoms with Crippen LogP contribution in [0, 0.1) is 13.8 Å². The van der Waals surface area contributed by atoms with Crippen molar-refractivity contribution in [2.45, 2.75) is 38.1 Å². The minimum atomic E-state index is 0.615. The maximum absolute atomic E-state index is 4.60. The van der Waals surface area contributed by atoms with Crippen molar-refractivity contribution in [2.24, 2.45) is 0 Å². The van der Waals surface area contributed by atoms with Crippen molar-refractivity contribution in [3.05, 3.63) is 10.6 Å². The second kappa shape index (κ2) is 3.81. The average Bonchev–Trinajstić information content (AvgIpc) is 2.57. The number of hydrogen-bond acceptors (Lipinski definition) is 3. The van der Waals surface area contributed by atoms with E-state index in [9.17, 15) is 0 Å². The van der Waals surface area contributed by atoms with Crippen molar-refractivity contribution in [1.29, 1.82) is 0 Å². The summed E-state index contributed by atoms with van der Waals surface area (Å²) in [4.78, 5) is 8.97. The molecule has 2 nitrogen and oxygen atoms in total. The van der Waals surface area contributed by atoms with Gasteiger partial charge in [0.25, 0.3) is 0 Å². The number of rotatable bonds is 1. The van der Waals surface area contributed by atoms with E-state index in [1.54, 1.807) is 0 Å². The van der Waals surface area contributed by atoms with Gasteiger partial charge in [0, 0.05) is 22.3 Å². The highest BCUT2D eigenvalue weighted by Crippen LogP contribution is 2.32. The Morgan fingerprint density at radius 2 is 2.21 bits per heavy atom. The normalized spacial score (nSPS) is 27.3. The van der Waals surface area contributed by atoms with Crippen LogP contribution in [0.1, 0.15) is 23.9 Å². The van der Waals surface area contributed by atoms with Gasteiger partial charge in [-0.15, -0.1) is 11.3 Å². The molecule has 2 rings (SSSR count). The van der Waals surface area contributed by atoms with Gasteiger partial charge in [0.15, 0.2) is 5.13 Å². The molecule has 0 bridgehead atoms. The Bertz CT molecular complexity index is 317. The van der Waals surface area contributed by atoms with Crippen LogP contribution in [0.15, 0.2) is 0 Å². The molecule has 0 saturated carbocycles. The van der Waals surface area contributed by atoms with Crippen molar-refractivity contribution in [3.8, 4) is 0 Å². The summed E-state index contributed by atoms with van der Waals surface area (Å²) in [6.45, 7) is 7.59. The highest BCUT2D eigenvalue weighted by Gasteiger charge is 2.29. The Balaban J connectivity index is 2.23. The minimum absolute atomic E-state index is 0.615. The predicted molar refractivity (Wildman–Crippen MR) is 65.7 cm³/mol. The number of nitrogens with zero attached hydrogens (tertiary/aromatic N) is 2. The van der Waals surface area contributed by atoms with Crippen LogP contribution in [0.5, 0.6) is 0 Å². The summed E-state index contributed by atoms with van der Waals surface area (Å²) in [5.41, 5.74) is 1.18. The molecule has 0 radical (unpaired) electrons. The molecule has 0 spiro atoms. The Hall–Kier alpha value is -0.0900. The molecule has 78 valence electrons. The molecule has 1 fully saturated rings. The van der Waals surface area contributed by atoms with E-state index in [4.69, 9.17) is 0 Å². The van der Waals surface area contributed by atoms with Crippen molar-refractivity contribution >= 4 is 32.4 Å². The average molecular weight is 275 g/mol. The zero-order valence-corrected chi connectivity index (χ0v) is 11.2.